The van der Waals surface area contributed by atoms with Crippen LogP contribution in [0, 0.1) is 0 Å². The summed E-state index contributed by atoms with van der Waals surface area (Å²) in [7, 11) is 0. The lowest BCUT2D eigenvalue weighted by atomic mass is 9.91. The Morgan fingerprint density at radius 3 is 2.32 bits per heavy atom. The molecule has 1 aliphatic heterocycles. The van der Waals surface area contributed by atoms with Crippen LogP contribution in [0.3, 0.4) is 0 Å². The quantitative estimate of drug-likeness (QED) is 0.485. The minimum atomic E-state index is -0.235. The highest BCUT2D eigenvalue weighted by Gasteiger charge is 2.32. The highest BCUT2D eigenvalue weighted by atomic mass is 35.5. The summed E-state index contributed by atoms with van der Waals surface area (Å²) in [5, 5.41) is 10.6. The lowest BCUT2D eigenvalue weighted by Crippen LogP contribution is -2.30. The van der Waals surface area contributed by atoms with Crippen molar-refractivity contribution in [2.24, 2.45) is 5.10 Å². The summed E-state index contributed by atoms with van der Waals surface area (Å²) in [6.07, 6.45) is 3.36. The largest absolute Gasteiger partial charge is 0.342 e. The molecule has 1 N–H and O–H groups in total. The number of nitrogens with one attached hydrogen (secondary N) is 1. The number of anilines is 1. The second-order valence-electron chi connectivity index (χ2n) is 7.95. The molecule has 2 amide bonds. The molecule has 5 rings (SSSR count). The molecule has 0 fully saturated rings. The van der Waals surface area contributed by atoms with Crippen molar-refractivity contribution >= 4 is 40.6 Å². The number of urea groups is 1. The van der Waals surface area contributed by atoms with E-state index in [1.807, 2.05) is 54.6 Å². The van der Waals surface area contributed by atoms with Gasteiger partial charge in [-0.15, -0.1) is 0 Å². The maximum Gasteiger partial charge on any atom is 0.342 e. The predicted octanol–water partition coefficient (Wildman–Crippen LogP) is 6.52. The number of carbonyl (C=O) groups is 1. The summed E-state index contributed by atoms with van der Waals surface area (Å²) in [6.45, 7) is 0.455. The first-order valence-corrected chi connectivity index (χ1v) is 11.1. The van der Waals surface area contributed by atoms with Crippen molar-refractivity contribution in [2.75, 3.05) is 11.9 Å². The van der Waals surface area contributed by atoms with Gasteiger partial charge in [-0.05, 0) is 77.9 Å². The zero-order valence-electron chi connectivity index (χ0n) is 16.8. The first-order valence-electron chi connectivity index (χ1n) is 10.4. The van der Waals surface area contributed by atoms with Crippen LogP contribution in [0.4, 0.5) is 10.5 Å². The van der Waals surface area contributed by atoms with Gasteiger partial charge in [0.15, 0.2) is 0 Å². The van der Waals surface area contributed by atoms with Gasteiger partial charge in [-0.25, -0.2) is 9.80 Å². The molecule has 4 nitrogen and oxygen atoms in total. The molecule has 1 aliphatic carbocycles. The molecule has 156 valence electrons. The lowest BCUT2D eigenvalue weighted by Gasteiger charge is -2.16. The van der Waals surface area contributed by atoms with E-state index in [4.69, 9.17) is 28.3 Å². The van der Waals surface area contributed by atoms with Crippen LogP contribution in [0.1, 0.15) is 34.6 Å². The highest BCUT2D eigenvalue weighted by Crippen LogP contribution is 2.31. The summed E-state index contributed by atoms with van der Waals surface area (Å²) in [6, 6.07) is 21.2. The molecule has 1 atom stereocenters. The maximum atomic E-state index is 13.0. The fourth-order valence-electron chi connectivity index (χ4n) is 4.30. The molecule has 1 unspecified atom stereocenters. The third kappa shape index (κ3) is 4.18. The number of fused-ring (bicyclic) bond motifs is 1. The van der Waals surface area contributed by atoms with Crippen LogP contribution in [-0.2, 0) is 12.8 Å². The summed E-state index contributed by atoms with van der Waals surface area (Å²) in [5.74, 6) is -0.0517. The Labute approximate surface area is 191 Å². The van der Waals surface area contributed by atoms with Gasteiger partial charge in [0.25, 0.3) is 0 Å². The molecule has 3 aromatic carbocycles. The third-order valence-electron chi connectivity index (χ3n) is 5.91. The molecule has 0 saturated carbocycles. The van der Waals surface area contributed by atoms with E-state index in [9.17, 15) is 4.79 Å². The summed E-state index contributed by atoms with van der Waals surface area (Å²) < 4.78 is 0. The number of nitrogens with zero attached hydrogens (tertiary/aromatic N) is 2. The zero-order chi connectivity index (χ0) is 21.4. The van der Waals surface area contributed by atoms with E-state index in [1.165, 1.54) is 22.6 Å². The van der Waals surface area contributed by atoms with Gasteiger partial charge in [0.1, 0.15) is 0 Å². The molecule has 0 radical (unpaired) electrons. The molecular weight excluding hydrogens is 429 g/mol. The molecule has 2 aliphatic rings. The monoisotopic (exact) mass is 449 g/mol. The number of hydrogen-bond donors (Lipinski definition) is 1. The standard InChI is InChI=1S/C25H21Cl2N3O/c26-20-9-4-17(5-10-20)23-15-30(29-24(23)18-6-11-21(27)12-7-18)25(31)28-22-13-8-16-2-1-3-19(16)14-22/h4-14,23H,1-3,15H2,(H,28,31). The SMILES string of the molecule is O=C(Nc1ccc2c(c1)CCC2)N1CC(c2ccc(Cl)cc2)C(c2ccc(Cl)cc2)=N1. The molecule has 0 aromatic heterocycles. The van der Waals surface area contributed by atoms with Crippen LogP contribution in [-0.4, -0.2) is 23.3 Å². The van der Waals surface area contributed by atoms with Crippen LogP contribution < -0.4 is 5.32 Å². The Balaban J connectivity index is 1.42. The van der Waals surface area contributed by atoms with Crippen molar-refractivity contribution in [1.29, 1.82) is 0 Å². The van der Waals surface area contributed by atoms with Gasteiger partial charge in [-0.2, -0.15) is 5.10 Å². The van der Waals surface area contributed by atoms with E-state index in [2.05, 4.69) is 17.4 Å². The molecule has 3 aromatic rings. The second-order valence-corrected chi connectivity index (χ2v) is 8.82. The normalized spacial score (nSPS) is 17.4. The summed E-state index contributed by atoms with van der Waals surface area (Å²) >= 11 is 12.1. The van der Waals surface area contributed by atoms with Gasteiger partial charge in [-0.1, -0.05) is 53.5 Å². The second kappa shape index (κ2) is 8.37. The molecule has 6 heteroatoms. The Morgan fingerprint density at radius 2 is 1.58 bits per heavy atom. The van der Waals surface area contributed by atoms with Gasteiger partial charge < -0.3 is 5.32 Å². The van der Waals surface area contributed by atoms with Crippen molar-refractivity contribution < 1.29 is 4.79 Å². The Bertz CT molecular complexity index is 1160. The molecule has 1 heterocycles. The minimum absolute atomic E-state index is 0.0517. The van der Waals surface area contributed by atoms with E-state index in [0.717, 1.165) is 35.4 Å². The molecule has 0 spiro atoms. The van der Waals surface area contributed by atoms with Gasteiger partial charge in [0, 0.05) is 21.7 Å². The van der Waals surface area contributed by atoms with Crippen LogP contribution in [0.2, 0.25) is 10.0 Å². The first-order chi connectivity index (χ1) is 15.1. The number of aryl methyl sites for hydroxylation is 2. The van der Waals surface area contributed by atoms with Gasteiger partial charge >= 0.3 is 6.03 Å². The number of hydrazone groups is 1. The number of benzene rings is 3. The van der Waals surface area contributed by atoms with Crippen molar-refractivity contribution in [2.45, 2.75) is 25.2 Å². The van der Waals surface area contributed by atoms with Crippen LogP contribution >= 0.6 is 23.2 Å². The maximum absolute atomic E-state index is 13.0. The van der Waals surface area contributed by atoms with E-state index >= 15 is 0 Å². The minimum Gasteiger partial charge on any atom is -0.306 e. The Hall–Kier alpha value is -2.82. The van der Waals surface area contributed by atoms with Crippen molar-refractivity contribution in [1.82, 2.24) is 5.01 Å². The van der Waals surface area contributed by atoms with Crippen molar-refractivity contribution in [3.8, 4) is 0 Å². The van der Waals surface area contributed by atoms with Gasteiger partial charge in [-0.3, -0.25) is 0 Å². The van der Waals surface area contributed by atoms with E-state index in [-0.39, 0.29) is 11.9 Å². The highest BCUT2D eigenvalue weighted by molar-refractivity contribution is 6.31. The fourth-order valence-corrected chi connectivity index (χ4v) is 4.56. The van der Waals surface area contributed by atoms with Gasteiger partial charge in [0.2, 0.25) is 0 Å². The lowest BCUT2D eigenvalue weighted by molar-refractivity contribution is 0.218. The van der Waals surface area contributed by atoms with Crippen molar-refractivity contribution in [3.05, 3.63) is 99.0 Å². The number of hydrogen-bond acceptors (Lipinski definition) is 2. The third-order valence-corrected chi connectivity index (χ3v) is 6.41. The van der Waals surface area contributed by atoms with Crippen LogP contribution in [0.25, 0.3) is 0 Å². The fraction of sp³-hybridized carbons (Fsp3) is 0.200. The Morgan fingerprint density at radius 1 is 0.903 bits per heavy atom. The first kappa shape index (κ1) is 20.1. The van der Waals surface area contributed by atoms with Crippen molar-refractivity contribution in [3.63, 3.8) is 0 Å². The van der Waals surface area contributed by atoms with E-state index in [1.54, 1.807) is 0 Å². The molecule has 31 heavy (non-hydrogen) atoms. The average molecular weight is 450 g/mol. The number of rotatable bonds is 3. The average Bonchev–Trinajstić information content (AvgIpc) is 3.42. The predicted molar refractivity (Wildman–Crippen MR) is 126 cm³/mol. The number of carbonyl (C=O) groups excluding carboxylic acids is 1. The smallest absolute Gasteiger partial charge is 0.306 e. The molecule has 0 saturated heterocycles. The number of amides is 2. The van der Waals surface area contributed by atoms with Crippen LogP contribution in [0.5, 0.6) is 0 Å². The Kier molecular flexibility index (Phi) is 5.43. The molecular formula is C25H21Cl2N3O. The van der Waals surface area contributed by atoms with E-state index in [0.29, 0.717) is 16.6 Å². The van der Waals surface area contributed by atoms with Gasteiger partial charge in [0.05, 0.1) is 12.3 Å². The summed E-state index contributed by atoms with van der Waals surface area (Å²) in [5.41, 5.74) is 6.35. The number of halogens is 2. The molecule has 0 bridgehead atoms. The van der Waals surface area contributed by atoms with E-state index < -0.39 is 0 Å². The summed E-state index contributed by atoms with van der Waals surface area (Å²) in [4.78, 5) is 13.0. The van der Waals surface area contributed by atoms with Crippen LogP contribution in [0.15, 0.2) is 71.8 Å². The topological polar surface area (TPSA) is 44.7 Å². The zero-order valence-corrected chi connectivity index (χ0v) is 18.3.